The van der Waals surface area contributed by atoms with Gasteiger partial charge in [0.2, 0.25) is 5.91 Å². The van der Waals surface area contributed by atoms with E-state index >= 15 is 0 Å². The van der Waals surface area contributed by atoms with Crippen molar-refractivity contribution in [3.63, 3.8) is 0 Å². The Morgan fingerprint density at radius 1 is 1.42 bits per heavy atom. The fourth-order valence-corrected chi connectivity index (χ4v) is 2.64. The van der Waals surface area contributed by atoms with E-state index in [0.717, 1.165) is 0 Å². The number of nitrogens with two attached hydrogens (primary N) is 1. The first-order valence-corrected chi connectivity index (χ1v) is 7.47. The highest BCUT2D eigenvalue weighted by Gasteiger charge is 2.35. The van der Waals surface area contributed by atoms with E-state index in [1.807, 2.05) is 0 Å². The van der Waals surface area contributed by atoms with Crippen molar-refractivity contribution in [1.29, 1.82) is 0 Å². The minimum absolute atomic E-state index is 0.0108. The van der Waals surface area contributed by atoms with Gasteiger partial charge in [-0.3, -0.25) is 23.9 Å². The van der Waals surface area contributed by atoms with Crippen LogP contribution in [0.15, 0.2) is 15.8 Å². The molecule has 24 heavy (non-hydrogen) atoms. The van der Waals surface area contributed by atoms with E-state index in [4.69, 9.17) is 10.8 Å². The Kier molecular flexibility index (Phi) is 5.20. The Hall–Kier alpha value is -2.46. The van der Waals surface area contributed by atoms with Crippen molar-refractivity contribution in [3.8, 4) is 0 Å². The zero-order valence-electron chi connectivity index (χ0n) is 13.1. The number of carboxylic acids is 1. The second kappa shape index (κ2) is 6.97. The van der Waals surface area contributed by atoms with Crippen LogP contribution in [0.4, 0.5) is 0 Å². The number of aromatic amines is 1. The lowest BCUT2D eigenvalue weighted by Crippen LogP contribution is -2.37. The highest BCUT2D eigenvalue weighted by Crippen LogP contribution is 2.21. The second-order valence-corrected chi connectivity index (χ2v) is 5.90. The number of aryl methyl sites for hydroxylation is 1. The number of hydrogen-bond donors (Lipinski definition) is 4. The van der Waals surface area contributed by atoms with Crippen molar-refractivity contribution in [2.45, 2.75) is 38.0 Å². The predicted octanol–water partition coefficient (Wildman–Crippen LogP) is -2.22. The van der Waals surface area contributed by atoms with Gasteiger partial charge in [0.25, 0.3) is 5.56 Å². The number of nitrogens with zero attached hydrogens (tertiary/aromatic N) is 2. The number of carbonyl (C=O) groups excluding carboxylic acids is 1. The van der Waals surface area contributed by atoms with Gasteiger partial charge < -0.3 is 20.8 Å². The number of likely N-dealkylation sites (tertiary alicyclic amines) is 1. The molecule has 132 valence electrons. The van der Waals surface area contributed by atoms with E-state index < -0.39 is 35.4 Å². The number of aliphatic carboxylic acids is 1. The molecule has 0 radical (unpaired) electrons. The zero-order valence-corrected chi connectivity index (χ0v) is 13.1. The maximum absolute atomic E-state index is 12.1. The molecule has 0 spiro atoms. The molecule has 2 heterocycles. The summed E-state index contributed by atoms with van der Waals surface area (Å²) in [5.41, 5.74) is 4.52. The van der Waals surface area contributed by atoms with Gasteiger partial charge >= 0.3 is 11.7 Å². The molecule has 1 saturated heterocycles. The summed E-state index contributed by atoms with van der Waals surface area (Å²) < 4.78 is 1.21. The molecule has 1 aliphatic rings. The van der Waals surface area contributed by atoms with Crippen molar-refractivity contribution < 1.29 is 19.8 Å². The summed E-state index contributed by atoms with van der Waals surface area (Å²) in [6, 6.07) is -1.80. The number of β-amino-alcohol motifs (C(OH)–C–C–N with tert-alkyl or cyclic N) is 1. The molecule has 0 aromatic carbocycles. The van der Waals surface area contributed by atoms with Crippen LogP contribution >= 0.6 is 0 Å². The molecule has 1 fully saturated rings. The van der Waals surface area contributed by atoms with Crippen LogP contribution in [0.5, 0.6) is 0 Å². The topological polar surface area (TPSA) is 159 Å². The first-order chi connectivity index (χ1) is 11.2. The third-order valence-corrected chi connectivity index (χ3v) is 4.10. The van der Waals surface area contributed by atoms with Crippen LogP contribution in [0.2, 0.25) is 0 Å². The number of aromatic nitrogens is 2. The van der Waals surface area contributed by atoms with E-state index in [9.17, 15) is 24.3 Å². The Bertz CT molecular complexity index is 754. The van der Waals surface area contributed by atoms with Crippen LogP contribution in [-0.2, 0) is 9.59 Å². The average Bonchev–Trinajstić information content (AvgIpc) is 2.89. The lowest BCUT2D eigenvalue weighted by Gasteiger charge is -2.18. The summed E-state index contributed by atoms with van der Waals surface area (Å²) >= 11 is 0. The summed E-state index contributed by atoms with van der Waals surface area (Å²) in [7, 11) is 0. The minimum Gasteiger partial charge on any atom is -0.480 e. The molecular weight excluding hydrogens is 320 g/mol. The molecule has 1 aromatic heterocycles. The zero-order chi connectivity index (χ0) is 18.0. The largest absolute Gasteiger partial charge is 0.480 e. The van der Waals surface area contributed by atoms with Crippen LogP contribution in [0, 0.1) is 6.92 Å². The van der Waals surface area contributed by atoms with Crippen LogP contribution in [0.25, 0.3) is 0 Å². The molecule has 1 amide bonds. The van der Waals surface area contributed by atoms with Crippen molar-refractivity contribution in [2.75, 3.05) is 13.1 Å². The van der Waals surface area contributed by atoms with E-state index in [1.54, 1.807) is 0 Å². The Balaban J connectivity index is 2.08. The molecule has 0 saturated carbocycles. The molecule has 2 rings (SSSR count). The normalized spacial score (nSPS) is 21.7. The summed E-state index contributed by atoms with van der Waals surface area (Å²) in [5.74, 6) is -1.53. The van der Waals surface area contributed by atoms with Gasteiger partial charge in [-0.25, -0.2) is 4.79 Å². The third kappa shape index (κ3) is 3.71. The van der Waals surface area contributed by atoms with Gasteiger partial charge in [0.15, 0.2) is 0 Å². The fraction of sp³-hybridized carbons (Fsp3) is 0.571. The molecule has 10 heteroatoms. The number of aliphatic hydroxyl groups excluding tert-OH is 1. The number of hydrogen-bond acceptors (Lipinski definition) is 6. The Labute approximate surface area is 136 Å². The molecule has 3 atom stereocenters. The number of rotatable bonds is 5. The third-order valence-electron chi connectivity index (χ3n) is 4.10. The van der Waals surface area contributed by atoms with Crippen molar-refractivity contribution in [3.05, 3.63) is 32.6 Å². The number of amides is 1. The monoisotopic (exact) mass is 340 g/mol. The SMILES string of the molecule is Cc1cn([C@H]2CN(C(=O)CC[C@H](N)C(=O)O)C[C@@H]2O)c(=O)[nH]c1=O. The summed E-state index contributed by atoms with van der Waals surface area (Å²) in [6.45, 7) is 1.65. The van der Waals surface area contributed by atoms with Crippen LogP contribution in [0.1, 0.15) is 24.4 Å². The number of aliphatic hydroxyl groups is 1. The minimum atomic E-state index is -1.18. The highest BCUT2D eigenvalue weighted by atomic mass is 16.4. The summed E-state index contributed by atoms with van der Waals surface area (Å²) in [5, 5.41) is 18.9. The fourth-order valence-electron chi connectivity index (χ4n) is 2.64. The lowest BCUT2D eigenvalue weighted by atomic mass is 10.1. The molecule has 0 aliphatic carbocycles. The van der Waals surface area contributed by atoms with Crippen LogP contribution in [0.3, 0.4) is 0 Å². The van der Waals surface area contributed by atoms with Crippen LogP contribution in [-0.4, -0.2) is 61.8 Å². The van der Waals surface area contributed by atoms with Gasteiger partial charge in [0.05, 0.1) is 12.1 Å². The van der Waals surface area contributed by atoms with Gasteiger partial charge in [-0.15, -0.1) is 0 Å². The van der Waals surface area contributed by atoms with Crippen LogP contribution < -0.4 is 17.0 Å². The molecule has 10 nitrogen and oxygen atoms in total. The number of nitrogens with one attached hydrogen (secondary N) is 1. The number of carboxylic acid groups (broad SMARTS) is 1. The number of carbonyl (C=O) groups is 2. The van der Waals surface area contributed by atoms with Gasteiger partial charge in [-0.1, -0.05) is 0 Å². The first-order valence-electron chi connectivity index (χ1n) is 7.47. The lowest BCUT2D eigenvalue weighted by molar-refractivity contribution is -0.139. The van der Waals surface area contributed by atoms with Gasteiger partial charge in [0.1, 0.15) is 6.04 Å². The standard InChI is InChI=1S/C14H20N4O6/c1-7-4-18(14(24)16-12(7)21)9-5-17(6-10(9)19)11(20)3-2-8(15)13(22)23/h4,8-10,19H,2-3,5-6,15H2,1H3,(H,22,23)(H,16,21,24)/t8-,9-,10-/m0/s1. The van der Waals surface area contributed by atoms with Crippen molar-refractivity contribution >= 4 is 11.9 Å². The van der Waals surface area contributed by atoms with E-state index in [1.165, 1.54) is 22.6 Å². The Morgan fingerprint density at radius 2 is 2.08 bits per heavy atom. The molecule has 0 unspecified atom stereocenters. The molecule has 0 bridgehead atoms. The molecule has 1 aromatic rings. The van der Waals surface area contributed by atoms with Crippen molar-refractivity contribution in [1.82, 2.24) is 14.5 Å². The highest BCUT2D eigenvalue weighted by molar-refractivity contribution is 5.78. The quantitative estimate of drug-likeness (QED) is 0.472. The predicted molar refractivity (Wildman–Crippen MR) is 82.5 cm³/mol. The first kappa shape index (κ1) is 17.9. The van der Waals surface area contributed by atoms with E-state index in [2.05, 4.69) is 4.98 Å². The molecular formula is C14H20N4O6. The summed E-state index contributed by atoms with van der Waals surface area (Å²) in [4.78, 5) is 49.6. The van der Waals surface area contributed by atoms with Gasteiger partial charge in [0, 0.05) is 31.3 Å². The van der Waals surface area contributed by atoms with Crippen molar-refractivity contribution in [2.24, 2.45) is 5.73 Å². The van der Waals surface area contributed by atoms with Gasteiger partial charge in [-0.05, 0) is 13.3 Å². The number of H-pyrrole nitrogens is 1. The molecule has 5 N–H and O–H groups in total. The maximum atomic E-state index is 12.1. The average molecular weight is 340 g/mol. The van der Waals surface area contributed by atoms with Gasteiger partial charge in [-0.2, -0.15) is 0 Å². The second-order valence-electron chi connectivity index (χ2n) is 5.90. The Morgan fingerprint density at radius 3 is 2.71 bits per heavy atom. The smallest absolute Gasteiger partial charge is 0.328 e. The summed E-state index contributed by atoms with van der Waals surface area (Å²) in [6.07, 6.45) is 0.309. The maximum Gasteiger partial charge on any atom is 0.328 e. The molecule has 1 aliphatic heterocycles. The van der Waals surface area contributed by atoms with E-state index in [-0.39, 0.29) is 31.8 Å². The van der Waals surface area contributed by atoms with E-state index in [0.29, 0.717) is 5.56 Å².